The molecule has 7 nitrogen and oxygen atoms in total. The number of esters is 1. The number of nitrogens with one attached hydrogen (secondary N) is 1. The van der Waals surface area contributed by atoms with E-state index in [9.17, 15) is 9.59 Å². The summed E-state index contributed by atoms with van der Waals surface area (Å²) in [6.07, 6.45) is 3.84. The molecule has 37 heavy (non-hydrogen) atoms. The molecular formula is C30H26N4O3. The Bertz CT molecular complexity index is 1590. The summed E-state index contributed by atoms with van der Waals surface area (Å²) in [6, 6.07) is 27.0. The van der Waals surface area contributed by atoms with Gasteiger partial charge in [0.2, 0.25) is 5.91 Å². The van der Waals surface area contributed by atoms with Gasteiger partial charge in [0.1, 0.15) is 16.9 Å². The Morgan fingerprint density at radius 3 is 2.24 bits per heavy atom. The van der Waals surface area contributed by atoms with Crippen molar-refractivity contribution in [3.63, 3.8) is 0 Å². The van der Waals surface area contributed by atoms with Gasteiger partial charge in [0.25, 0.3) is 0 Å². The first-order chi connectivity index (χ1) is 18.1. The van der Waals surface area contributed by atoms with Crippen molar-refractivity contribution in [1.29, 1.82) is 0 Å². The fraction of sp³-hybridized carbons (Fsp3) is 0.133. The van der Waals surface area contributed by atoms with Crippen LogP contribution in [0.5, 0.6) is 0 Å². The van der Waals surface area contributed by atoms with Gasteiger partial charge in [-0.05, 0) is 42.7 Å². The molecule has 0 radical (unpaired) electrons. The van der Waals surface area contributed by atoms with Crippen LogP contribution in [-0.2, 0) is 22.5 Å². The number of para-hydroxylation sites is 2. The maximum Gasteiger partial charge on any atom is 0.344 e. The molecule has 0 bridgehead atoms. The van der Waals surface area contributed by atoms with E-state index in [0.717, 1.165) is 11.1 Å². The normalized spacial score (nSPS) is 11.3. The van der Waals surface area contributed by atoms with Crippen molar-refractivity contribution < 1.29 is 14.3 Å². The zero-order chi connectivity index (χ0) is 25.6. The van der Waals surface area contributed by atoms with Crippen LogP contribution in [0.4, 0.5) is 5.82 Å². The molecule has 0 saturated carbocycles. The van der Waals surface area contributed by atoms with Gasteiger partial charge >= 0.3 is 5.97 Å². The molecule has 0 unspecified atom stereocenters. The van der Waals surface area contributed by atoms with Crippen LogP contribution in [0.2, 0.25) is 0 Å². The van der Waals surface area contributed by atoms with Crippen LogP contribution >= 0.6 is 0 Å². The van der Waals surface area contributed by atoms with Crippen molar-refractivity contribution >= 4 is 46.0 Å². The SMILES string of the molecule is CCOC(=O)c1c(NC(=O)C=Cc2ccccc2)n(CCc2ccccc2)c2nc3ccccc3nc12. The van der Waals surface area contributed by atoms with Crippen LogP contribution in [-0.4, -0.2) is 33.0 Å². The Hall–Kier alpha value is -4.78. The Kier molecular flexibility index (Phi) is 7.03. The summed E-state index contributed by atoms with van der Waals surface area (Å²) in [5.41, 5.74) is 4.48. The molecule has 184 valence electrons. The average molecular weight is 491 g/mol. The minimum absolute atomic E-state index is 0.192. The summed E-state index contributed by atoms with van der Waals surface area (Å²) < 4.78 is 7.24. The number of rotatable bonds is 8. The van der Waals surface area contributed by atoms with E-state index in [1.165, 1.54) is 6.08 Å². The molecule has 2 aromatic heterocycles. The number of nitrogens with zero attached hydrogens (tertiary/aromatic N) is 3. The highest BCUT2D eigenvalue weighted by Gasteiger charge is 2.27. The van der Waals surface area contributed by atoms with E-state index in [4.69, 9.17) is 14.7 Å². The van der Waals surface area contributed by atoms with Crippen LogP contribution in [0.3, 0.4) is 0 Å². The van der Waals surface area contributed by atoms with E-state index in [-0.39, 0.29) is 18.1 Å². The monoisotopic (exact) mass is 490 g/mol. The van der Waals surface area contributed by atoms with Gasteiger partial charge in [0, 0.05) is 12.6 Å². The highest BCUT2D eigenvalue weighted by atomic mass is 16.5. The lowest BCUT2D eigenvalue weighted by Crippen LogP contribution is -2.17. The standard InChI is InChI=1S/C30H26N4O3/c1-2-37-30(36)26-27-29(32-24-16-10-9-15-23(24)31-27)34(20-19-22-13-7-4-8-14-22)28(26)33-25(35)18-17-21-11-5-3-6-12-21/h3-18H,2,19-20H2,1H3,(H,33,35). The minimum atomic E-state index is -0.558. The molecule has 2 heterocycles. The average Bonchev–Trinajstić information content (AvgIpc) is 3.22. The first kappa shape index (κ1) is 23.9. The minimum Gasteiger partial charge on any atom is -0.462 e. The number of benzene rings is 3. The van der Waals surface area contributed by atoms with Crippen molar-refractivity contribution in [3.05, 3.63) is 108 Å². The number of fused-ring (bicyclic) bond motifs is 2. The van der Waals surface area contributed by atoms with E-state index in [0.29, 0.717) is 41.0 Å². The number of ether oxygens (including phenoxy) is 1. The number of aryl methyl sites for hydroxylation is 2. The van der Waals surface area contributed by atoms with Crippen molar-refractivity contribution in [2.24, 2.45) is 0 Å². The lowest BCUT2D eigenvalue weighted by atomic mass is 10.1. The molecule has 0 saturated heterocycles. The Balaban J connectivity index is 1.63. The number of amides is 1. The van der Waals surface area contributed by atoms with Gasteiger partial charge in [0.05, 0.1) is 17.6 Å². The second kappa shape index (κ2) is 10.9. The van der Waals surface area contributed by atoms with Crippen LogP contribution in [0.1, 0.15) is 28.4 Å². The van der Waals surface area contributed by atoms with Crippen molar-refractivity contribution in [1.82, 2.24) is 14.5 Å². The molecule has 0 aliphatic rings. The highest BCUT2D eigenvalue weighted by molar-refractivity contribution is 6.13. The quantitative estimate of drug-likeness (QED) is 0.224. The highest BCUT2D eigenvalue weighted by Crippen LogP contribution is 2.31. The van der Waals surface area contributed by atoms with Crippen molar-refractivity contribution in [2.45, 2.75) is 19.9 Å². The fourth-order valence-corrected chi connectivity index (χ4v) is 4.22. The molecule has 5 aromatic rings. The van der Waals surface area contributed by atoms with E-state index in [2.05, 4.69) is 5.32 Å². The maximum absolute atomic E-state index is 13.2. The number of anilines is 1. The van der Waals surface area contributed by atoms with Crippen LogP contribution < -0.4 is 5.32 Å². The molecule has 0 spiro atoms. The zero-order valence-electron chi connectivity index (χ0n) is 20.4. The third-order valence-electron chi connectivity index (χ3n) is 5.97. The zero-order valence-corrected chi connectivity index (χ0v) is 20.4. The van der Waals surface area contributed by atoms with E-state index in [1.54, 1.807) is 13.0 Å². The summed E-state index contributed by atoms with van der Waals surface area (Å²) in [7, 11) is 0. The summed E-state index contributed by atoms with van der Waals surface area (Å²) >= 11 is 0. The lowest BCUT2D eigenvalue weighted by molar-refractivity contribution is -0.111. The van der Waals surface area contributed by atoms with E-state index < -0.39 is 5.97 Å². The third kappa shape index (κ3) is 5.26. The predicted molar refractivity (Wildman–Crippen MR) is 145 cm³/mol. The van der Waals surface area contributed by atoms with Gasteiger partial charge in [-0.15, -0.1) is 0 Å². The Labute approximate surface area is 214 Å². The predicted octanol–water partition coefficient (Wildman–Crippen LogP) is 5.66. The van der Waals surface area contributed by atoms with Crippen molar-refractivity contribution in [3.8, 4) is 0 Å². The first-order valence-corrected chi connectivity index (χ1v) is 12.2. The summed E-state index contributed by atoms with van der Waals surface area (Å²) in [4.78, 5) is 35.8. The fourth-order valence-electron chi connectivity index (χ4n) is 4.22. The molecule has 0 atom stereocenters. The molecule has 0 aliphatic carbocycles. The molecule has 1 amide bonds. The first-order valence-electron chi connectivity index (χ1n) is 12.2. The Morgan fingerprint density at radius 2 is 1.54 bits per heavy atom. The van der Waals surface area contributed by atoms with Gasteiger partial charge in [-0.1, -0.05) is 72.8 Å². The Morgan fingerprint density at radius 1 is 0.892 bits per heavy atom. The van der Waals surface area contributed by atoms with Gasteiger partial charge in [-0.2, -0.15) is 0 Å². The number of hydrogen-bond donors (Lipinski definition) is 1. The molecular weight excluding hydrogens is 464 g/mol. The molecule has 5 rings (SSSR count). The molecule has 0 aliphatic heterocycles. The third-order valence-corrected chi connectivity index (χ3v) is 5.97. The molecule has 0 fully saturated rings. The number of hydrogen-bond acceptors (Lipinski definition) is 5. The van der Waals surface area contributed by atoms with Crippen LogP contribution in [0, 0.1) is 0 Å². The number of carbonyl (C=O) groups is 2. The molecule has 1 N–H and O–H groups in total. The molecule has 7 heteroatoms. The lowest BCUT2D eigenvalue weighted by Gasteiger charge is -2.12. The maximum atomic E-state index is 13.2. The van der Waals surface area contributed by atoms with Gasteiger partial charge < -0.3 is 14.6 Å². The number of carbonyl (C=O) groups excluding carboxylic acids is 2. The summed E-state index contributed by atoms with van der Waals surface area (Å²) in [5.74, 6) is -0.608. The smallest absolute Gasteiger partial charge is 0.344 e. The van der Waals surface area contributed by atoms with Crippen LogP contribution in [0.15, 0.2) is 91.0 Å². The largest absolute Gasteiger partial charge is 0.462 e. The molecule has 3 aromatic carbocycles. The second-order valence-electron chi connectivity index (χ2n) is 8.45. The van der Waals surface area contributed by atoms with Crippen molar-refractivity contribution in [2.75, 3.05) is 11.9 Å². The van der Waals surface area contributed by atoms with E-state index in [1.807, 2.05) is 89.5 Å². The van der Waals surface area contributed by atoms with Gasteiger partial charge in [0.15, 0.2) is 5.65 Å². The van der Waals surface area contributed by atoms with Gasteiger partial charge in [-0.3, -0.25) is 4.79 Å². The second-order valence-corrected chi connectivity index (χ2v) is 8.45. The van der Waals surface area contributed by atoms with E-state index >= 15 is 0 Å². The van der Waals surface area contributed by atoms with Crippen LogP contribution in [0.25, 0.3) is 28.3 Å². The summed E-state index contributed by atoms with van der Waals surface area (Å²) in [6.45, 7) is 2.41. The van der Waals surface area contributed by atoms with Gasteiger partial charge in [-0.25, -0.2) is 14.8 Å². The topological polar surface area (TPSA) is 86.1 Å². The summed E-state index contributed by atoms with van der Waals surface area (Å²) in [5, 5.41) is 2.93. The number of aromatic nitrogens is 3.